The Balaban J connectivity index is 1.49. The molecule has 2 fully saturated rings. The summed E-state index contributed by atoms with van der Waals surface area (Å²) in [7, 11) is 0. The smallest absolute Gasteiger partial charge is 0.343 e. The van der Waals surface area contributed by atoms with Gasteiger partial charge in [0.1, 0.15) is 0 Å². The molecule has 0 aliphatic carbocycles. The maximum Gasteiger partial charge on any atom is 0.343 e. The standard InChI is InChI=1S/C21H22N2O4S/c1-14-12-17(15(2)23(14)16-6-4-3-5-7-16)18(24)13-27-20(26)21-9-8-19(25)22(21)10-11-28-21/h3-7,12H,8-11,13H2,1-2H3/t21-/m1/s1. The average Bonchev–Trinajstić information content (AvgIpc) is 3.35. The van der Waals surface area contributed by atoms with Gasteiger partial charge in [-0.3, -0.25) is 9.59 Å². The van der Waals surface area contributed by atoms with Crippen LogP contribution in [0.2, 0.25) is 0 Å². The van der Waals surface area contributed by atoms with Gasteiger partial charge in [-0.15, -0.1) is 11.8 Å². The van der Waals surface area contributed by atoms with Crippen LogP contribution in [-0.2, 0) is 14.3 Å². The summed E-state index contributed by atoms with van der Waals surface area (Å²) >= 11 is 1.44. The van der Waals surface area contributed by atoms with E-state index in [-0.39, 0.29) is 18.3 Å². The van der Waals surface area contributed by atoms with Gasteiger partial charge >= 0.3 is 5.97 Å². The number of esters is 1. The zero-order chi connectivity index (χ0) is 19.9. The van der Waals surface area contributed by atoms with Crippen molar-refractivity contribution in [1.82, 2.24) is 9.47 Å². The zero-order valence-corrected chi connectivity index (χ0v) is 16.8. The first-order valence-electron chi connectivity index (χ1n) is 9.33. The molecule has 0 N–H and O–H groups in total. The molecule has 6 nitrogen and oxygen atoms in total. The van der Waals surface area contributed by atoms with E-state index >= 15 is 0 Å². The first kappa shape index (κ1) is 18.8. The maximum atomic E-state index is 12.8. The van der Waals surface area contributed by atoms with Crippen molar-refractivity contribution in [3.63, 3.8) is 0 Å². The van der Waals surface area contributed by atoms with Crippen molar-refractivity contribution in [1.29, 1.82) is 0 Å². The van der Waals surface area contributed by atoms with Gasteiger partial charge in [0.25, 0.3) is 0 Å². The monoisotopic (exact) mass is 398 g/mol. The number of carbonyl (C=O) groups excluding carboxylic acids is 3. The highest BCUT2D eigenvalue weighted by Gasteiger charge is 2.56. The second-order valence-corrected chi connectivity index (χ2v) is 8.51. The molecule has 1 amide bonds. The number of nitrogens with zero attached hydrogens (tertiary/aromatic N) is 2. The Hall–Kier alpha value is -2.54. The quantitative estimate of drug-likeness (QED) is 0.572. The molecule has 1 atom stereocenters. The van der Waals surface area contributed by atoms with Crippen molar-refractivity contribution < 1.29 is 19.1 Å². The van der Waals surface area contributed by atoms with E-state index in [0.717, 1.165) is 17.1 Å². The predicted octanol–water partition coefficient (Wildman–Crippen LogP) is 2.89. The number of aromatic nitrogens is 1. The van der Waals surface area contributed by atoms with Crippen LogP contribution in [0.5, 0.6) is 0 Å². The van der Waals surface area contributed by atoms with E-state index in [0.29, 0.717) is 30.7 Å². The van der Waals surface area contributed by atoms with Gasteiger partial charge < -0.3 is 14.2 Å². The van der Waals surface area contributed by atoms with Gasteiger partial charge in [-0.1, -0.05) is 18.2 Å². The Morgan fingerprint density at radius 1 is 1.21 bits per heavy atom. The Morgan fingerprint density at radius 3 is 2.71 bits per heavy atom. The third-order valence-corrected chi connectivity index (χ3v) is 6.93. The van der Waals surface area contributed by atoms with Gasteiger partial charge in [0.2, 0.25) is 11.7 Å². The van der Waals surface area contributed by atoms with Crippen molar-refractivity contribution in [3.8, 4) is 5.69 Å². The molecule has 1 aromatic carbocycles. The van der Waals surface area contributed by atoms with Crippen LogP contribution in [0.25, 0.3) is 5.69 Å². The number of aryl methyl sites for hydroxylation is 1. The van der Waals surface area contributed by atoms with Gasteiger partial charge in [0.15, 0.2) is 11.5 Å². The van der Waals surface area contributed by atoms with E-state index in [1.165, 1.54) is 11.8 Å². The molecular formula is C21H22N2O4S. The van der Waals surface area contributed by atoms with E-state index in [9.17, 15) is 14.4 Å². The Labute approximate surface area is 167 Å². The van der Waals surface area contributed by atoms with Crippen molar-refractivity contribution >= 4 is 29.4 Å². The molecule has 1 aromatic heterocycles. The van der Waals surface area contributed by atoms with Crippen LogP contribution in [0.3, 0.4) is 0 Å². The summed E-state index contributed by atoms with van der Waals surface area (Å²) < 4.78 is 7.40. The first-order chi connectivity index (χ1) is 13.4. The zero-order valence-electron chi connectivity index (χ0n) is 15.9. The summed E-state index contributed by atoms with van der Waals surface area (Å²) in [5, 5.41) is 0. The van der Waals surface area contributed by atoms with Crippen LogP contribution in [0.15, 0.2) is 36.4 Å². The van der Waals surface area contributed by atoms with Gasteiger partial charge in [0.05, 0.1) is 0 Å². The third kappa shape index (κ3) is 2.94. The molecule has 3 heterocycles. The van der Waals surface area contributed by atoms with Crippen molar-refractivity contribution in [2.75, 3.05) is 18.9 Å². The summed E-state index contributed by atoms with van der Waals surface area (Å²) in [5.74, 6) is -0.0165. The molecule has 0 saturated carbocycles. The largest absolute Gasteiger partial charge is 0.455 e. The Morgan fingerprint density at radius 2 is 1.96 bits per heavy atom. The fourth-order valence-electron chi connectivity index (χ4n) is 4.12. The number of para-hydroxylation sites is 1. The summed E-state index contributed by atoms with van der Waals surface area (Å²) in [6.45, 7) is 4.07. The summed E-state index contributed by atoms with van der Waals surface area (Å²) in [6, 6.07) is 11.6. The van der Waals surface area contributed by atoms with E-state index in [4.69, 9.17) is 4.74 Å². The van der Waals surface area contributed by atoms with Gasteiger partial charge in [-0.25, -0.2) is 4.79 Å². The van der Waals surface area contributed by atoms with Gasteiger partial charge in [0, 0.05) is 41.4 Å². The van der Waals surface area contributed by atoms with E-state index < -0.39 is 10.8 Å². The summed E-state index contributed by atoms with van der Waals surface area (Å²) in [4.78, 5) is 38.1. The minimum Gasteiger partial charge on any atom is -0.455 e. The average molecular weight is 398 g/mol. The number of Topliss-reactive ketones (excluding diaryl/α,β-unsaturated/α-hetero) is 1. The van der Waals surface area contributed by atoms with Crippen LogP contribution in [-0.4, -0.2) is 50.9 Å². The number of rotatable bonds is 5. The van der Waals surface area contributed by atoms with Crippen LogP contribution in [0, 0.1) is 13.8 Å². The van der Waals surface area contributed by atoms with Gasteiger partial charge in [-0.2, -0.15) is 0 Å². The lowest BCUT2D eigenvalue weighted by Gasteiger charge is -2.28. The minimum absolute atomic E-state index is 0.0142. The SMILES string of the molecule is Cc1cc(C(=O)COC(=O)[C@]23CCC(=O)N2CCS3)c(C)n1-c1ccccc1. The van der Waals surface area contributed by atoms with Crippen LogP contribution in [0.4, 0.5) is 0 Å². The second-order valence-electron chi connectivity index (χ2n) is 7.13. The van der Waals surface area contributed by atoms with Crippen molar-refractivity contribution in [2.45, 2.75) is 31.6 Å². The first-order valence-corrected chi connectivity index (χ1v) is 10.3. The van der Waals surface area contributed by atoms with E-state index in [1.807, 2.05) is 54.8 Å². The maximum absolute atomic E-state index is 12.8. The number of fused-ring (bicyclic) bond motifs is 1. The fourth-order valence-corrected chi connectivity index (χ4v) is 5.50. The number of ether oxygens (including phenoxy) is 1. The summed E-state index contributed by atoms with van der Waals surface area (Å²) in [5.41, 5.74) is 3.28. The molecule has 0 unspecified atom stereocenters. The highest BCUT2D eigenvalue weighted by molar-refractivity contribution is 8.01. The van der Waals surface area contributed by atoms with Gasteiger partial charge in [-0.05, 0) is 38.5 Å². The molecule has 0 radical (unpaired) electrons. The molecule has 2 aliphatic heterocycles. The molecule has 2 aromatic rings. The lowest BCUT2D eigenvalue weighted by Crippen LogP contribution is -2.46. The lowest BCUT2D eigenvalue weighted by molar-refractivity contribution is -0.152. The molecule has 146 valence electrons. The van der Waals surface area contributed by atoms with E-state index in [2.05, 4.69) is 0 Å². The molecule has 2 aliphatic rings. The fraction of sp³-hybridized carbons (Fsp3) is 0.381. The third-order valence-electron chi connectivity index (χ3n) is 5.47. The number of hydrogen-bond acceptors (Lipinski definition) is 5. The number of ketones is 1. The Kier molecular flexibility index (Phi) is 4.79. The lowest BCUT2D eigenvalue weighted by atomic mass is 10.1. The van der Waals surface area contributed by atoms with Crippen LogP contribution in [0.1, 0.15) is 34.6 Å². The second kappa shape index (κ2) is 7.13. The number of thioether (sulfide) groups is 1. The number of carbonyl (C=O) groups is 3. The van der Waals surface area contributed by atoms with Crippen molar-refractivity contribution in [2.24, 2.45) is 0 Å². The highest BCUT2D eigenvalue weighted by Crippen LogP contribution is 2.45. The van der Waals surface area contributed by atoms with Crippen molar-refractivity contribution in [3.05, 3.63) is 53.3 Å². The normalized spacial score (nSPS) is 21.1. The predicted molar refractivity (Wildman–Crippen MR) is 107 cm³/mol. The summed E-state index contributed by atoms with van der Waals surface area (Å²) in [6.07, 6.45) is 0.806. The van der Waals surface area contributed by atoms with Crippen LogP contribution < -0.4 is 0 Å². The topological polar surface area (TPSA) is 68.6 Å². The Bertz CT molecular complexity index is 953. The molecule has 4 rings (SSSR count). The molecule has 0 spiro atoms. The molecule has 0 bridgehead atoms. The molecule has 7 heteroatoms. The minimum atomic E-state index is -0.932. The molecular weight excluding hydrogens is 376 g/mol. The number of amides is 1. The number of hydrogen-bond donors (Lipinski definition) is 0. The molecule has 2 saturated heterocycles. The van der Waals surface area contributed by atoms with E-state index in [1.54, 1.807) is 4.90 Å². The molecule has 28 heavy (non-hydrogen) atoms. The number of benzene rings is 1. The van der Waals surface area contributed by atoms with Crippen LogP contribution >= 0.6 is 11.8 Å². The highest BCUT2D eigenvalue weighted by atomic mass is 32.2.